The molecule has 19 heavy (non-hydrogen) atoms. The molecule has 0 bridgehead atoms. The molecule has 0 aliphatic heterocycles. The molecule has 2 N–H and O–H groups in total. The van der Waals surface area contributed by atoms with Gasteiger partial charge in [0.05, 0.1) is 26.1 Å². The van der Waals surface area contributed by atoms with Crippen LogP contribution < -0.4 is 5.73 Å². The molecule has 112 valence electrons. The Kier molecular flexibility index (Phi) is 10.6. The van der Waals surface area contributed by atoms with Gasteiger partial charge in [0.15, 0.2) is 0 Å². The van der Waals surface area contributed by atoms with E-state index in [1.165, 1.54) is 0 Å². The Bertz CT molecular complexity index is 276. The summed E-state index contributed by atoms with van der Waals surface area (Å²) in [6.45, 7) is 3.90. The molecule has 2 unspecified atom stereocenters. The lowest BCUT2D eigenvalue weighted by Gasteiger charge is -2.08. The van der Waals surface area contributed by atoms with Gasteiger partial charge >= 0.3 is 11.9 Å². The first-order chi connectivity index (χ1) is 8.95. The molecule has 0 aliphatic carbocycles. The molecule has 0 aromatic carbocycles. The number of esters is 2. The van der Waals surface area contributed by atoms with Gasteiger partial charge < -0.3 is 15.2 Å². The van der Waals surface area contributed by atoms with E-state index < -0.39 is 5.97 Å². The van der Waals surface area contributed by atoms with Gasteiger partial charge in [-0.2, -0.15) is 3.89 Å². The van der Waals surface area contributed by atoms with Gasteiger partial charge in [0.1, 0.15) is 0 Å². The molecule has 0 saturated carbocycles. The fourth-order valence-electron chi connectivity index (χ4n) is 1.22. The number of unbranched alkanes of at least 4 members (excludes halogenated alkanes) is 1. The van der Waals surface area contributed by atoms with Crippen molar-refractivity contribution >= 4 is 24.1 Å². The summed E-state index contributed by atoms with van der Waals surface area (Å²) in [5, 5.41) is -0.383. The quantitative estimate of drug-likeness (QED) is 0.490. The van der Waals surface area contributed by atoms with Crippen molar-refractivity contribution in [3.8, 4) is 0 Å². The predicted octanol–water partition coefficient (Wildman–Crippen LogP) is 1.99. The van der Waals surface area contributed by atoms with Crippen molar-refractivity contribution < 1.29 is 22.9 Å². The number of rotatable bonds is 10. The second-order valence-electron chi connectivity index (χ2n) is 4.43. The highest BCUT2D eigenvalue weighted by Gasteiger charge is 2.10. The van der Waals surface area contributed by atoms with E-state index in [9.17, 15) is 13.5 Å². The maximum Gasteiger partial charge on any atom is 0.307 e. The maximum absolute atomic E-state index is 12.1. The highest BCUT2D eigenvalue weighted by Crippen LogP contribution is 2.14. The number of nitrogens with two attached hydrogens (primary N) is 1. The Hall–Kier alpha value is -0.820. The van der Waals surface area contributed by atoms with Crippen LogP contribution in [0.25, 0.3) is 0 Å². The summed E-state index contributed by atoms with van der Waals surface area (Å²) in [7, 11) is 0. The highest BCUT2D eigenvalue weighted by molar-refractivity contribution is 7.94. The minimum absolute atomic E-state index is 0.0601. The van der Waals surface area contributed by atoms with Crippen LogP contribution in [0, 0.1) is 0 Å². The zero-order chi connectivity index (χ0) is 14.7. The van der Waals surface area contributed by atoms with Gasteiger partial charge in [-0.05, 0) is 19.8 Å². The van der Waals surface area contributed by atoms with E-state index in [1.807, 2.05) is 0 Å². The fourth-order valence-corrected chi connectivity index (χ4v) is 1.42. The zero-order valence-electron chi connectivity index (χ0n) is 11.4. The van der Waals surface area contributed by atoms with E-state index in [1.54, 1.807) is 13.8 Å². The van der Waals surface area contributed by atoms with Crippen LogP contribution in [0.15, 0.2) is 0 Å². The monoisotopic (exact) mass is 295 g/mol. The lowest BCUT2D eigenvalue weighted by molar-refractivity contribution is -0.146. The first-order valence-electron chi connectivity index (χ1n) is 6.30. The third-order valence-electron chi connectivity index (χ3n) is 2.16. The first-order valence-corrected chi connectivity index (χ1v) is 7.08. The number of ether oxygens (including phenoxy) is 2. The van der Waals surface area contributed by atoms with Crippen molar-refractivity contribution in [1.82, 2.24) is 0 Å². The predicted molar refractivity (Wildman–Crippen MR) is 72.2 cm³/mol. The minimum Gasteiger partial charge on any atom is -0.466 e. The Labute approximate surface area is 117 Å². The molecule has 0 aliphatic rings. The summed E-state index contributed by atoms with van der Waals surface area (Å²) < 4.78 is 21.9. The molecule has 0 amide bonds. The van der Waals surface area contributed by atoms with Crippen molar-refractivity contribution in [2.75, 3.05) is 13.2 Å². The fraction of sp³-hybridized carbons (Fsp3) is 0.833. The van der Waals surface area contributed by atoms with Crippen molar-refractivity contribution in [1.29, 1.82) is 0 Å². The van der Waals surface area contributed by atoms with Crippen molar-refractivity contribution in [3.05, 3.63) is 0 Å². The Morgan fingerprint density at radius 2 is 1.58 bits per heavy atom. The van der Waals surface area contributed by atoms with E-state index in [2.05, 4.69) is 0 Å². The molecular weight excluding hydrogens is 273 g/mol. The number of carbonyl (C=O) groups excluding carboxylic acids is 2. The second kappa shape index (κ2) is 11.0. The van der Waals surface area contributed by atoms with Crippen molar-refractivity contribution in [3.63, 3.8) is 0 Å². The smallest absolute Gasteiger partial charge is 0.307 e. The molecule has 0 aromatic rings. The number of carbonyl (C=O) groups is 2. The Balaban J connectivity index is 3.40. The standard InChI is InChI=1S/C12H22FNO4S/c1-9(14)7-11(15)17-5-3-4-6-18-12(16)8-10(2)19-13/h9-10H,3-8,14H2,1-2H3. The summed E-state index contributed by atoms with van der Waals surface area (Å²) in [5.41, 5.74) is 5.44. The largest absolute Gasteiger partial charge is 0.466 e. The SMILES string of the molecule is CC(N)CC(=O)OCCCCOC(=O)CC(C)SF. The molecule has 7 heteroatoms. The molecule has 0 spiro atoms. The minimum atomic E-state index is -0.411. The first kappa shape index (κ1) is 18.2. The van der Waals surface area contributed by atoms with Crippen LogP contribution in [0.5, 0.6) is 0 Å². The van der Waals surface area contributed by atoms with E-state index in [4.69, 9.17) is 15.2 Å². The maximum atomic E-state index is 12.1. The van der Waals surface area contributed by atoms with E-state index >= 15 is 0 Å². The molecule has 5 nitrogen and oxygen atoms in total. The van der Waals surface area contributed by atoms with Gasteiger partial charge in [0, 0.05) is 23.4 Å². The second-order valence-corrected chi connectivity index (χ2v) is 5.42. The van der Waals surface area contributed by atoms with Crippen LogP contribution in [-0.4, -0.2) is 36.4 Å². The van der Waals surface area contributed by atoms with E-state index in [-0.39, 0.29) is 48.9 Å². The van der Waals surface area contributed by atoms with E-state index in [0.29, 0.717) is 19.4 Å². The molecule has 0 heterocycles. The Morgan fingerprint density at radius 1 is 1.11 bits per heavy atom. The van der Waals surface area contributed by atoms with Gasteiger partial charge in [-0.15, -0.1) is 0 Å². The third-order valence-corrected chi connectivity index (χ3v) is 2.63. The van der Waals surface area contributed by atoms with Crippen LogP contribution in [0.3, 0.4) is 0 Å². The molecule has 0 fully saturated rings. The van der Waals surface area contributed by atoms with E-state index in [0.717, 1.165) is 0 Å². The number of halogens is 1. The molecule has 2 atom stereocenters. The van der Waals surface area contributed by atoms with Gasteiger partial charge in [0.2, 0.25) is 0 Å². The highest BCUT2D eigenvalue weighted by atomic mass is 32.2. The lowest BCUT2D eigenvalue weighted by Crippen LogP contribution is -2.21. The van der Waals surface area contributed by atoms with Crippen LogP contribution >= 0.6 is 12.1 Å². The molecule has 0 rings (SSSR count). The molecular formula is C12H22FNO4S. The van der Waals surface area contributed by atoms with Gasteiger partial charge in [0.25, 0.3) is 0 Å². The van der Waals surface area contributed by atoms with Crippen LogP contribution in [-0.2, 0) is 19.1 Å². The number of hydrogen-bond donors (Lipinski definition) is 1. The summed E-state index contributed by atoms with van der Waals surface area (Å²) in [6.07, 6.45) is 1.48. The zero-order valence-corrected chi connectivity index (χ0v) is 12.2. The van der Waals surface area contributed by atoms with Crippen LogP contribution in [0.1, 0.15) is 39.5 Å². The Morgan fingerprint density at radius 3 is 2.00 bits per heavy atom. The van der Waals surface area contributed by atoms with Crippen molar-refractivity contribution in [2.24, 2.45) is 5.73 Å². The summed E-state index contributed by atoms with van der Waals surface area (Å²) in [6, 6.07) is -0.205. The van der Waals surface area contributed by atoms with Gasteiger partial charge in [-0.1, -0.05) is 6.92 Å². The molecule has 0 radical (unpaired) electrons. The molecule has 0 aromatic heterocycles. The van der Waals surface area contributed by atoms with Gasteiger partial charge in [-0.3, -0.25) is 9.59 Å². The third kappa shape index (κ3) is 12.0. The summed E-state index contributed by atoms with van der Waals surface area (Å²) in [4.78, 5) is 22.3. The van der Waals surface area contributed by atoms with Gasteiger partial charge in [-0.25, -0.2) is 0 Å². The van der Waals surface area contributed by atoms with Crippen LogP contribution in [0.4, 0.5) is 3.89 Å². The lowest BCUT2D eigenvalue weighted by atomic mass is 10.2. The van der Waals surface area contributed by atoms with Crippen molar-refractivity contribution in [2.45, 2.75) is 50.8 Å². The summed E-state index contributed by atoms with van der Waals surface area (Å²) >= 11 is 0.140. The normalized spacial score (nSPS) is 13.7. The number of hydrogen-bond acceptors (Lipinski definition) is 6. The average Bonchev–Trinajstić information content (AvgIpc) is 2.32. The summed E-state index contributed by atoms with van der Waals surface area (Å²) in [5.74, 6) is -0.729. The molecule has 0 saturated heterocycles. The topological polar surface area (TPSA) is 78.6 Å². The average molecular weight is 295 g/mol. The van der Waals surface area contributed by atoms with Crippen LogP contribution in [0.2, 0.25) is 0 Å².